The largest absolute Gasteiger partial charge is 0.493 e. The zero-order chi connectivity index (χ0) is 18.4. The molecule has 0 bridgehead atoms. The maximum Gasteiger partial charge on any atom is 0.226 e. The fourth-order valence-electron chi connectivity index (χ4n) is 3.71. The first-order valence-electron chi connectivity index (χ1n) is 9.62. The number of carbonyl (C=O) groups is 2. The number of rotatable bonds is 5. The summed E-state index contributed by atoms with van der Waals surface area (Å²) in [6.07, 6.45) is 1.91. The molecular formula is C20H29N3O3. The van der Waals surface area contributed by atoms with E-state index in [1.54, 1.807) is 0 Å². The lowest BCUT2D eigenvalue weighted by Gasteiger charge is -2.39. The molecule has 0 unspecified atom stereocenters. The summed E-state index contributed by atoms with van der Waals surface area (Å²) in [7, 11) is 0. The number of nitrogens with one attached hydrogen (secondary N) is 1. The van der Waals surface area contributed by atoms with Gasteiger partial charge in [0.05, 0.1) is 13.0 Å². The zero-order valence-corrected chi connectivity index (χ0v) is 15.5. The average molecular weight is 359 g/mol. The molecule has 3 rings (SSSR count). The minimum absolute atomic E-state index is 0.0557. The second-order valence-electron chi connectivity index (χ2n) is 7.15. The van der Waals surface area contributed by atoms with Crippen LogP contribution in [0.1, 0.15) is 26.2 Å². The van der Waals surface area contributed by atoms with Crippen LogP contribution in [0.3, 0.4) is 0 Å². The smallest absolute Gasteiger partial charge is 0.226 e. The summed E-state index contributed by atoms with van der Waals surface area (Å²) >= 11 is 0. The Morgan fingerprint density at radius 1 is 1.15 bits per heavy atom. The molecule has 0 aromatic heterocycles. The first-order chi connectivity index (χ1) is 12.6. The number of hydrogen-bond acceptors (Lipinski definition) is 4. The predicted molar refractivity (Wildman–Crippen MR) is 99.9 cm³/mol. The van der Waals surface area contributed by atoms with E-state index in [2.05, 4.69) is 12.2 Å². The molecule has 0 spiro atoms. The quantitative estimate of drug-likeness (QED) is 0.866. The Balaban J connectivity index is 1.40. The number of ether oxygens (including phenoxy) is 1. The van der Waals surface area contributed by atoms with Crippen LogP contribution in [0.2, 0.25) is 0 Å². The molecule has 0 aliphatic carbocycles. The van der Waals surface area contributed by atoms with Crippen molar-refractivity contribution in [2.45, 2.75) is 32.2 Å². The van der Waals surface area contributed by atoms with Crippen LogP contribution >= 0.6 is 0 Å². The number of piperidine rings is 1. The van der Waals surface area contributed by atoms with Gasteiger partial charge in [0, 0.05) is 44.7 Å². The number of amides is 2. The van der Waals surface area contributed by atoms with Crippen LogP contribution in [-0.2, 0) is 9.59 Å². The molecular weight excluding hydrogens is 330 g/mol. The summed E-state index contributed by atoms with van der Waals surface area (Å²) in [5, 5.41) is 3.32. The molecule has 2 saturated heterocycles. The Morgan fingerprint density at radius 3 is 2.58 bits per heavy atom. The summed E-state index contributed by atoms with van der Waals surface area (Å²) in [6.45, 7) is 6.34. The van der Waals surface area contributed by atoms with E-state index in [9.17, 15) is 9.59 Å². The van der Waals surface area contributed by atoms with Gasteiger partial charge in [-0.05, 0) is 31.9 Å². The van der Waals surface area contributed by atoms with Crippen molar-refractivity contribution in [1.29, 1.82) is 0 Å². The molecule has 0 radical (unpaired) electrons. The van der Waals surface area contributed by atoms with Crippen molar-refractivity contribution in [1.82, 2.24) is 15.1 Å². The third-order valence-electron chi connectivity index (χ3n) is 5.31. The first-order valence-corrected chi connectivity index (χ1v) is 9.62. The highest BCUT2D eigenvalue weighted by molar-refractivity contribution is 5.80. The van der Waals surface area contributed by atoms with Crippen molar-refractivity contribution in [2.24, 2.45) is 5.92 Å². The van der Waals surface area contributed by atoms with Gasteiger partial charge < -0.3 is 19.9 Å². The van der Waals surface area contributed by atoms with E-state index in [4.69, 9.17) is 4.74 Å². The highest BCUT2D eigenvalue weighted by atomic mass is 16.5. The second-order valence-corrected chi connectivity index (χ2v) is 7.15. The summed E-state index contributed by atoms with van der Waals surface area (Å²) in [6, 6.07) is 9.80. The molecule has 1 N–H and O–H groups in total. The van der Waals surface area contributed by atoms with Gasteiger partial charge in [0.1, 0.15) is 5.75 Å². The third kappa shape index (κ3) is 4.75. The number of hydrogen-bond donors (Lipinski definition) is 1. The number of likely N-dealkylation sites (tertiary alicyclic amines) is 1. The summed E-state index contributed by atoms with van der Waals surface area (Å²) in [5.74, 6) is 1.22. The van der Waals surface area contributed by atoms with Gasteiger partial charge in [-0.3, -0.25) is 9.59 Å². The Bertz CT molecular complexity index is 600. The van der Waals surface area contributed by atoms with Gasteiger partial charge >= 0.3 is 0 Å². The molecule has 26 heavy (non-hydrogen) atoms. The predicted octanol–water partition coefficient (Wildman–Crippen LogP) is 1.51. The molecule has 1 aromatic rings. The van der Waals surface area contributed by atoms with E-state index < -0.39 is 0 Å². The summed E-state index contributed by atoms with van der Waals surface area (Å²) in [5.41, 5.74) is 0. The Kier molecular flexibility index (Phi) is 6.50. The SMILES string of the molecule is C[C@H]1CNCCN1C(=O)C1CCN(C(=O)CCOc2ccccc2)CC1. The lowest BCUT2D eigenvalue weighted by atomic mass is 9.94. The van der Waals surface area contributed by atoms with E-state index in [0.717, 1.165) is 38.2 Å². The molecule has 2 amide bonds. The summed E-state index contributed by atoms with van der Waals surface area (Å²) < 4.78 is 5.60. The maximum absolute atomic E-state index is 12.7. The maximum atomic E-state index is 12.7. The summed E-state index contributed by atoms with van der Waals surface area (Å²) in [4.78, 5) is 29.0. The van der Waals surface area contributed by atoms with E-state index in [1.165, 1.54) is 0 Å². The normalized spacial score (nSPS) is 21.5. The van der Waals surface area contributed by atoms with Gasteiger partial charge in [-0.25, -0.2) is 0 Å². The molecule has 6 heteroatoms. The highest BCUT2D eigenvalue weighted by Crippen LogP contribution is 2.22. The highest BCUT2D eigenvalue weighted by Gasteiger charge is 2.32. The van der Waals surface area contributed by atoms with Gasteiger partial charge in [0.2, 0.25) is 11.8 Å². The average Bonchev–Trinajstić information content (AvgIpc) is 2.69. The van der Waals surface area contributed by atoms with Crippen LogP contribution < -0.4 is 10.1 Å². The van der Waals surface area contributed by atoms with Crippen LogP contribution in [0, 0.1) is 5.92 Å². The minimum atomic E-state index is 0.0557. The van der Waals surface area contributed by atoms with Crippen molar-refractivity contribution in [3.05, 3.63) is 30.3 Å². The lowest BCUT2D eigenvalue weighted by molar-refractivity contribution is -0.143. The fraction of sp³-hybridized carbons (Fsp3) is 0.600. The van der Waals surface area contributed by atoms with Crippen molar-refractivity contribution in [3.8, 4) is 5.75 Å². The van der Waals surface area contributed by atoms with E-state index in [1.807, 2.05) is 40.1 Å². The van der Waals surface area contributed by atoms with Crippen molar-refractivity contribution >= 4 is 11.8 Å². The first kappa shape index (κ1) is 18.7. The Labute approximate surface area is 155 Å². The molecule has 2 aliphatic heterocycles. The van der Waals surface area contributed by atoms with Crippen LogP contribution in [0.5, 0.6) is 5.75 Å². The van der Waals surface area contributed by atoms with Gasteiger partial charge in [0.25, 0.3) is 0 Å². The van der Waals surface area contributed by atoms with Gasteiger partial charge in [-0.1, -0.05) is 18.2 Å². The van der Waals surface area contributed by atoms with Crippen LogP contribution in [0.25, 0.3) is 0 Å². The van der Waals surface area contributed by atoms with Crippen molar-refractivity contribution in [2.75, 3.05) is 39.3 Å². The minimum Gasteiger partial charge on any atom is -0.493 e. The molecule has 2 aliphatic rings. The van der Waals surface area contributed by atoms with E-state index in [0.29, 0.717) is 26.1 Å². The van der Waals surface area contributed by atoms with Crippen molar-refractivity contribution in [3.63, 3.8) is 0 Å². The fourth-order valence-corrected chi connectivity index (χ4v) is 3.71. The van der Waals surface area contributed by atoms with Crippen LogP contribution in [-0.4, -0.2) is 67.0 Å². The van der Waals surface area contributed by atoms with Crippen LogP contribution in [0.15, 0.2) is 30.3 Å². The number of carbonyl (C=O) groups excluding carboxylic acids is 2. The zero-order valence-electron chi connectivity index (χ0n) is 15.5. The number of nitrogens with zero attached hydrogens (tertiary/aromatic N) is 2. The van der Waals surface area contributed by atoms with Gasteiger partial charge in [-0.2, -0.15) is 0 Å². The monoisotopic (exact) mass is 359 g/mol. The number of benzene rings is 1. The second kappa shape index (κ2) is 9.03. The third-order valence-corrected chi connectivity index (χ3v) is 5.31. The van der Waals surface area contributed by atoms with E-state index >= 15 is 0 Å². The molecule has 2 heterocycles. The Morgan fingerprint density at radius 2 is 1.88 bits per heavy atom. The molecule has 2 fully saturated rings. The topological polar surface area (TPSA) is 61.9 Å². The standard InChI is InChI=1S/C20H29N3O3/c1-16-15-21-10-13-23(16)20(25)17-7-11-22(12-8-17)19(24)9-14-26-18-5-3-2-4-6-18/h2-6,16-17,21H,7-15H2,1H3/t16-/m0/s1. The number of para-hydroxylation sites is 1. The van der Waals surface area contributed by atoms with E-state index in [-0.39, 0.29) is 23.8 Å². The van der Waals surface area contributed by atoms with Crippen LogP contribution in [0.4, 0.5) is 0 Å². The Hall–Kier alpha value is -2.08. The van der Waals surface area contributed by atoms with Gasteiger partial charge in [0.15, 0.2) is 0 Å². The number of piperazine rings is 1. The van der Waals surface area contributed by atoms with Crippen molar-refractivity contribution < 1.29 is 14.3 Å². The molecule has 1 atom stereocenters. The lowest BCUT2D eigenvalue weighted by Crippen LogP contribution is -2.55. The van der Waals surface area contributed by atoms with Gasteiger partial charge in [-0.15, -0.1) is 0 Å². The molecule has 0 saturated carbocycles. The molecule has 6 nitrogen and oxygen atoms in total. The molecule has 142 valence electrons. The molecule has 1 aromatic carbocycles.